The van der Waals surface area contributed by atoms with Crippen molar-refractivity contribution >= 4 is 39.0 Å². The molecule has 6 nitrogen and oxygen atoms in total. The normalized spacial score (nSPS) is 12.6. The first kappa shape index (κ1) is 21.9. The van der Waals surface area contributed by atoms with E-state index in [1.807, 2.05) is 60.7 Å². The van der Waals surface area contributed by atoms with Gasteiger partial charge in [-0.05, 0) is 45.3 Å². The van der Waals surface area contributed by atoms with Crippen LogP contribution in [0.2, 0.25) is 0 Å². The topological polar surface area (TPSA) is 68.7 Å². The predicted octanol–water partition coefficient (Wildman–Crippen LogP) is 5.86. The number of benzene rings is 3. The number of anilines is 2. The number of halogens is 1. The summed E-state index contributed by atoms with van der Waals surface area (Å²) in [6.45, 7) is 0.576. The van der Waals surface area contributed by atoms with E-state index < -0.39 is 11.7 Å². The quantitative estimate of drug-likeness (QED) is 0.289. The van der Waals surface area contributed by atoms with Crippen LogP contribution in [0.4, 0.5) is 11.4 Å². The standard InChI is InChI=1S/C27H19BrN2O4/c28-20-12-7-13-21-24(20)25(31)27(32)30(21)22-14-15-23(33-16-18-8-3-1-4-9-18)29-26(22)34-17-19-10-5-2-6-11-19/h1-15H,16-17H2. The number of ketones is 1. The summed E-state index contributed by atoms with van der Waals surface area (Å²) in [6.07, 6.45) is 0. The van der Waals surface area contributed by atoms with Crippen molar-refractivity contribution in [2.45, 2.75) is 13.2 Å². The van der Waals surface area contributed by atoms with Gasteiger partial charge in [-0.3, -0.25) is 14.5 Å². The van der Waals surface area contributed by atoms with E-state index in [1.165, 1.54) is 4.90 Å². The molecule has 4 aromatic rings. The van der Waals surface area contributed by atoms with Crippen molar-refractivity contribution < 1.29 is 19.1 Å². The molecule has 0 fully saturated rings. The van der Waals surface area contributed by atoms with Gasteiger partial charge in [0.1, 0.15) is 18.9 Å². The zero-order valence-electron chi connectivity index (χ0n) is 18.0. The van der Waals surface area contributed by atoms with Gasteiger partial charge in [0.05, 0.1) is 11.3 Å². The van der Waals surface area contributed by atoms with Gasteiger partial charge >= 0.3 is 5.91 Å². The van der Waals surface area contributed by atoms with Crippen LogP contribution in [-0.4, -0.2) is 16.7 Å². The zero-order valence-corrected chi connectivity index (χ0v) is 19.6. The Kier molecular flexibility index (Phi) is 6.10. The maximum Gasteiger partial charge on any atom is 0.304 e. The van der Waals surface area contributed by atoms with Crippen molar-refractivity contribution in [3.63, 3.8) is 0 Å². The first-order valence-corrected chi connectivity index (χ1v) is 11.4. The lowest BCUT2D eigenvalue weighted by Gasteiger charge is -2.20. The van der Waals surface area contributed by atoms with Crippen molar-refractivity contribution in [1.29, 1.82) is 0 Å². The first-order chi connectivity index (χ1) is 16.6. The number of ether oxygens (including phenoxy) is 2. The molecule has 0 saturated carbocycles. The first-order valence-electron chi connectivity index (χ1n) is 10.6. The van der Waals surface area contributed by atoms with Gasteiger partial charge in [-0.2, -0.15) is 4.98 Å². The Hall–Kier alpha value is -3.97. The van der Waals surface area contributed by atoms with Crippen LogP contribution in [0.3, 0.4) is 0 Å². The predicted molar refractivity (Wildman–Crippen MR) is 131 cm³/mol. The van der Waals surface area contributed by atoms with E-state index >= 15 is 0 Å². The van der Waals surface area contributed by atoms with Gasteiger partial charge in [-0.25, -0.2) is 0 Å². The fourth-order valence-corrected chi connectivity index (χ4v) is 4.25. The van der Waals surface area contributed by atoms with E-state index in [0.717, 1.165) is 11.1 Å². The molecule has 168 valence electrons. The number of rotatable bonds is 7. The number of pyridine rings is 1. The summed E-state index contributed by atoms with van der Waals surface area (Å²) in [5, 5.41) is 0. The number of fused-ring (bicyclic) bond motifs is 1. The van der Waals surface area contributed by atoms with Crippen molar-refractivity contribution in [3.05, 3.63) is 112 Å². The lowest BCUT2D eigenvalue weighted by atomic mass is 10.1. The van der Waals surface area contributed by atoms with Crippen LogP contribution in [0.1, 0.15) is 21.5 Å². The van der Waals surface area contributed by atoms with Crippen LogP contribution >= 0.6 is 15.9 Å². The number of aromatic nitrogens is 1. The van der Waals surface area contributed by atoms with Crippen molar-refractivity contribution in [2.75, 3.05) is 4.90 Å². The van der Waals surface area contributed by atoms with Gasteiger partial charge in [0, 0.05) is 10.5 Å². The Balaban J connectivity index is 1.50. The smallest absolute Gasteiger partial charge is 0.304 e. The average Bonchev–Trinajstić information content (AvgIpc) is 3.13. The maximum absolute atomic E-state index is 13.0. The van der Waals surface area contributed by atoms with Crippen molar-refractivity contribution in [3.8, 4) is 11.8 Å². The van der Waals surface area contributed by atoms with E-state index in [1.54, 1.807) is 30.3 Å². The molecule has 1 amide bonds. The minimum absolute atomic E-state index is 0.198. The summed E-state index contributed by atoms with van der Waals surface area (Å²) in [7, 11) is 0. The fraction of sp³-hybridized carbons (Fsp3) is 0.0741. The Morgan fingerprint density at radius 2 is 1.35 bits per heavy atom. The molecule has 1 aliphatic heterocycles. The molecule has 0 bridgehead atoms. The highest BCUT2D eigenvalue weighted by atomic mass is 79.9. The highest BCUT2D eigenvalue weighted by Gasteiger charge is 2.40. The molecule has 5 rings (SSSR count). The molecular weight excluding hydrogens is 496 g/mol. The molecule has 7 heteroatoms. The summed E-state index contributed by atoms with van der Waals surface area (Å²) >= 11 is 3.38. The molecule has 0 N–H and O–H groups in total. The highest BCUT2D eigenvalue weighted by molar-refractivity contribution is 9.10. The van der Waals surface area contributed by atoms with Crippen molar-refractivity contribution in [1.82, 2.24) is 4.98 Å². The Labute approximate surface area is 204 Å². The van der Waals surface area contributed by atoms with E-state index in [-0.39, 0.29) is 12.5 Å². The second-order valence-electron chi connectivity index (χ2n) is 7.63. The molecule has 1 aromatic heterocycles. The Bertz CT molecular complexity index is 1360. The Morgan fingerprint density at radius 3 is 2.03 bits per heavy atom. The monoisotopic (exact) mass is 514 g/mol. The van der Waals surface area contributed by atoms with Crippen LogP contribution in [0.25, 0.3) is 0 Å². The third-order valence-corrected chi connectivity index (χ3v) is 6.02. The minimum atomic E-state index is -0.661. The van der Waals surface area contributed by atoms with Crippen LogP contribution in [0.15, 0.2) is 95.5 Å². The number of carbonyl (C=O) groups excluding carboxylic acids is 2. The van der Waals surface area contributed by atoms with Gasteiger partial charge in [0.25, 0.3) is 5.78 Å². The van der Waals surface area contributed by atoms with E-state index in [9.17, 15) is 9.59 Å². The van der Waals surface area contributed by atoms with E-state index in [0.29, 0.717) is 33.9 Å². The van der Waals surface area contributed by atoms with Crippen LogP contribution in [0.5, 0.6) is 11.8 Å². The molecule has 2 heterocycles. The number of amides is 1. The van der Waals surface area contributed by atoms with E-state index in [4.69, 9.17) is 9.47 Å². The third kappa shape index (κ3) is 4.30. The van der Waals surface area contributed by atoms with Crippen LogP contribution < -0.4 is 14.4 Å². The summed E-state index contributed by atoms with van der Waals surface area (Å²) in [5.41, 5.74) is 3.12. The SMILES string of the molecule is O=C1C(=O)N(c2ccc(OCc3ccccc3)nc2OCc2ccccc2)c2cccc(Br)c21. The van der Waals surface area contributed by atoms with Crippen LogP contribution in [-0.2, 0) is 18.0 Å². The Morgan fingerprint density at radius 1 is 0.706 bits per heavy atom. The minimum Gasteiger partial charge on any atom is -0.473 e. The highest BCUT2D eigenvalue weighted by Crippen LogP contribution is 2.42. The van der Waals surface area contributed by atoms with E-state index in [2.05, 4.69) is 20.9 Å². The largest absolute Gasteiger partial charge is 0.473 e. The van der Waals surface area contributed by atoms with Gasteiger partial charge in [-0.15, -0.1) is 0 Å². The summed E-state index contributed by atoms with van der Waals surface area (Å²) in [5.74, 6) is -0.696. The lowest BCUT2D eigenvalue weighted by Crippen LogP contribution is -2.25. The molecule has 0 atom stereocenters. The van der Waals surface area contributed by atoms with Gasteiger partial charge < -0.3 is 9.47 Å². The van der Waals surface area contributed by atoms with Crippen LogP contribution in [0, 0.1) is 0 Å². The number of Topliss-reactive ketones (excluding diaryl/α,β-unsaturated/α-hetero) is 1. The zero-order chi connectivity index (χ0) is 23.5. The van der Waals surface area contributed by atoms with Crippen molar-refractivity contribution in [2.24, 2.45) is 0 Å². The number of nitrogens with zero attached hydrogens (tertiary/aromatic N) is 2. The summed E-state index contributed by atoms with van der Waals surface area (Å²) in [6, 6.07) is 28.0. The second kappa shape index (κ2) is 9.49. The summed E-state index contributed by atoms with van der Waals surface area (Å²) in [4.78, 5) is 31.6. The van der Waals surface area contributed by atoms with Gasteiger partial charge in [0.2, 0.25) is 11.8 Å². The molecule has 0 saturated heterocycles. The molecule has 1 aliphatic rings. The molecule has 0 aliphatic carbocycles. The number of hydrogen-bond donors (Lipinski definition) is 0. The molecule has 0 spiro atoms. The molecule has 34 heavy (non-hydrogen) atoms. The van der Waals surface area contributed by atoms with Gasteiger partial charge in [0.15, 0.2) is 0 Å². The molecule has 0 radical (unpaired) electrons. The second-order valence-corrected chi connectivity index (χ2v) is 8.48. The molecule has 3 aromatic carbocycles. The lowest BCUT2D eigenvalue weighted by molar-refractivity contribution is -0.113. The fourth-order valence-electron chi connectivity index (χ4n) is 3.71. The third-order valence-electron chi connectivity index (χ3n) is 5.36. The number of hydrogen-bond acceptors (Lipinski definition) is 5. The number of carbonyl (C=O) groups is 2. The maximum atomic E-state index is 13.0. The van der Waals surface area contributed by atoms with Gasteiger partial charge in [-0.1, -0.05) is 66.7 Å². The molecular formula is C27H19BrN2O4. The average molecular weight is 515 g/mol. The summed E-state index contributed by atoms with van der Waals surface area (Å²) < 4.78 is 12.5. The molecule has 0 unspecified atom stereocenters.